The number of rotatable bonds is 3. The van der Waals surface area contributed by atoms with Gasteiger partial charge in [0.15, 0.2) is 0 Å². The normalized spacial score (nSPS) is 18.9. The standard InChI is InChI=1S/C26H21ClN2/c27-23-12-6-11-21(16-23)25-17-24(19-8-2-1-3-9-19)28-26(29-25)22-14-13-18-7-4-5-10-20(18)15-22/h1-17,25-26,28-29H. The Morgan fingerprint density at radius 2 is 1.45 bits per heavy atom. The zero-order valence-corrected chi connectivity index (χ0v) is 16.6. The van der Waals surface area contributed by atoms with E-state index in [9.17, 15) is 0 Å². The number of nitrogens with one attached hydrogen (secondary N) is 2. The average Bonchev–Trinajstić information content (AvgIpc) is 2.79. The van der Waals surface area contributed by atoms with Crippen LogP contribution < -0.4 is 10.6 Å². The first-order valence-electron chi connectivity index (χ1n) is 9.80. The molecule has 0 radical (unpaired) electrons. The molecule has 2 N–H and O–H groups in total. The third-order valence-electron chi connectivity index (χ3n) is 5.38. The van der Waals surface area contributed by atoms with E-state index in [1.165, 1.54) is 21.9 Å². The topological polar surface area (TPSA) is 24.1 Å². The van der Waals surface area contributed by atoms with Crippen molar-refractivity contribution in [2.24, 2.45) is 0 Å². The Hall–Kier alpha value is -3.07. The van der Waals surface area contributed by atoms with Gasteiger partial charge in [0.05, 0.1) is 6.04 Å². The first-order chi connectivity index (χ1) is 14.3. The molecule has 2 atom stereocenters. The summed E-state index contributed by atoms with van der Waals surface area (Å²) in [6, 6.07) is 33.6. The summed E-state index contributed by atoms with van der Waals surface area (Å²) in [4.78, 5) is 0. The minimum atomic E-state index is -0.0104. The lowest BCUT2D eigenvalue weighted by molar-refractivity contribution is 0.443. The highest BCUT2D eigenvalue weighted by Gasteiger charge is 2.24. The first-order valence-corrected chi connectivity index (χ1v) is 10.2. The Morgan fingerprint density at radius 1 is 0.655 bits per heavy atom. The Labute approximate surface area is 175 Å². The maximum atomic E-state index is 6.27. The van der Waals surface area contributed by atoms with E-state index in [1.807, 2.05) is 24.3 Å². The molecule has 1 heterocycles. The lowest BCUT2D eigenvalue weighted by atomic mass is 9.97. The van der Waals surface area contributed by atoms with Crippen LogP contribution in [0.3, 0.4) is 0 Å². The largest absolute Gasteiger partial charge is 0.366 e. The monoisotopic (exact) mass is 396 g/mol. The Balaban J connectivity index is 1.56. The van der Waals surface area contributed by atoms with Gasteiger partial charge in [0.2, 0.25) is 0 Å². The van der Waals surface area contributed by atoms with Crippen LogP contribution in [-0.2, 0) is 0 Å². The van der Waals surface area contributed by atoms with Crippen molar-refractivity contribution >= 4 is 28.1 Å². The second kappa shape index (κ2) is 7.75. The highest BCUT2D eigenvalue weighted by molar-refractivity contribution is 6.30. The zero-order chi connectivity index (χ0) is 19.6. The molecule has 4 aromatic rings. The number of hydrogen-bond acceptors (Lipinski definition) is 2. The van der Waals surface area contributed by atoms with Crippen LogP contribution in [0.1, 0.15) is 28.9 Å². The fraction of sp³-hybridized carbons (Fsp3) is 0.0769. The third kappa shape index (κ3) is 3.77. The molecule has 1 aliphatic rings. The van der Waals surface area contributed by atoms with E-state index in [2.05, 4.69) is 89.5 Å². The van der Waals surface area contributed by atoms with Crippen LogP contribution in [0.25, 0.3) is 16.5 Å². The minimum Gasteiger partial charge on any atom is -0.366 e. The van der Waals surface area contributed by atoms with Gasteiger partial charge in [0.25, 0.3) is 0 Å². The molecule has 1 aliphatic heterocycles. The van der Waals surface area contributed by atoms with Crippen LogP contribution >= 0.6 is 11.6 Å². The second-order valence-corrected chi connectivity index (χ2v) is 7.77. The molecule has 29 heavy (non-hydrogen) atoms. The van der Waals surface area contributed by atoms with Gasteiger partial charge in [-0.2, -0.15) is 0 Å². The molecule has 0 aromatic heterocycles. The molecule has 0 amide bonds. The summed E-state index contributed by atoms with van der Waals surface area (Å²) in [7, 11) is 0. The van der Waals surface area contributed by atoms with Gasteiger partial charge in [-0.3, -0.25) is 5.32 Å². The number of fused-ring (bicyclic) bond motifs is 1. The van der Waals surface area contributed by atoms with Gasteiger partial charge >= 0.3 is 0 Å². The van der Waals surface area contributed by atoms with Crippen molar-refractivity contribution < 1.29 is 0 Å². The molecule has 4 aromatic carbocycles. The summed E-state index contributed by atoms with van der Waals surface area (Å²) in [5.41, 5.74) is 4.65. The van der Waals surface area contributed by atoms with Crippen LogP contribution in [0.2, 0.25) is 5.02 Å². The van der Waals surface area contributed by atoms with Gasteiger partial charge in [0.1, 0.15) is 6.17 Å². The number of hydrogen-bond donors (Lipinski definition) is 2. The Morgan fingerprint density at radius 3 is 2.28 bits per heavy atom. The van der Waals surface area contributed by atoms with Gasteiger partial charge in [0, 0.05) is 10.7 Å². The van der Waals surface area contributed by atoms with Crippen LogP contribution in [-0.4, -0.2) is 0 Å². The summed E-state index contributed by atoms with van der Waals surface area (Å²) >= 11 is 6.27. The highest BCUT2D eigenvalue weighted by Crippen LogP contribution is 2.31. The van der Waals surface area contributed by atoms with Crippen LogP contribution in [0, 0.1) is 0 Å². The average molecular weight is 397 g/mol. The second-order valence-electron chi connectivity index (χ2n) is 7.33. The summed E-state index contributed by atoms with van der Waals surface area (Å²) in [6.07, 6.45) is 2.22. The van der Waals surface area contributed by atoms with E-state index < -0.39 is 0 Å². The zero-order valence-electron chi connectivity index (χ0n) is 15.8. The van der Waals surface area contributed by atoms with Crippen molar-refractivity contribution in [1.29, 1.82) is 0 Å². The molecule has 5 rings (SSSR count). The van der Waals surface area contributed by atoms with Crippen molar-refractivity contribution in [3.05, 3.63) is 125 Å². The predicted octanol–water partition coefficient (Wildman–Crippen LogP) is 6.47. The molecule has 0 aliphatic carbocycles. The quantitative estimate of drug-likeness (QED) is 0.414. The molecule has 0 spiro atoms. The fourth-order valence-electron chi connectivity index (χ4n) is 3.90. The molecule has 142 valence electrons. The molecular formula is C26H21ClN2. The highest BCUT2D eigenvalue weighted by atomic mass is 35.5. The Bertz CT molecular complexity index is 1180. The molecule has 0 saturated heterocycles. The molecule has 3 heteroatoms. The summed E-state index contributed by atoms with van der Waals surface area (Å²) < 4.78 is 0. The molecule has 0 bridgehead atoms. The van der Waals surface area contributed by atoms with Crippen molar-refractivity contribution in [2.75, 3.05) is 0 Å². The van der Waals surface area contributed by atoms with Gasteiger partial charge in [-0.1, -0.05) is 90.5 Å². The SMILES string of the molecule is Clc1cccc(C2C=C(c3ccccc3)NC(c3ccc4ccccc4c3)N2)c1. The predicted molar refractivity (Wildman–Crippen MR) is 122 cm³/mol. The van der Waals surface area contributed by atoms with Gasteiger partial charge < -0.3 is 5.32 Å². The van der Waals surface area contributed by atoms with E-state index in [0.29, 0.717) is 0 Å². The number of benzene rings is 4. The van der Waals surface area contributed by atoms with Crippen molar-refractivity contribution in [1.82, 2.24) is 10.6 Å². The maximum absolute atomic E-state index is 6.27. The van der Waals surface area contributed by atoms with Crippen LogP contribution in [0.4, 0.5) is 0 Å². The molecule has 2 nitrogen and oxygen atoms in total. The summed E-state index contributed by atoms with van der Waals surface area (Å²) in [5, 5.41) is 10.7. The first kappa shape index (κ1) is 18.0. The summed E-state index contributed by atoms with van der Waals surface area (Å²) in [6.45, 7) is 0. The smallest absolute Gasteiger partial charge is 0.104 e. The third-order valence-corrected chi connectivity index (χ3v) is 5.61. The lowest BCUT2D eigenvalue weighted by Gasteiger charge is -2.33. The molecule has 0 saturated carbocycles. The van der Waals surface area contributed by atoms with Crippen molar-refractivity contribution in [3.63, 3.8) is 0 Å². The van der Waals surface area contributed by atoms with E-state index in [0.717, 1.165) is 16.3 Å². The summed E-state index contributed by atoms with van der Waals surface area (Å²) in [5.74, 6) is 0. The van der Waals surface area contributed by atoms with Crippen LogP contribution in [0.15, 0.2) is 103 Å². The molecule has 0 fully saturated rings. The Kier molecular flexibility index (Phi) is 4.81. The van der Waals surface area contributed by atoms with Gasteiger partial charge in [-0.05, 0) is 51.7 Å². The lowest BCUT2D eigenvalue weighted by Crippen LogP contribution is -2.39. The van der Waals surface area contributed by atoms with E-state index in [1.54, 1.807) is 0 Å². The van der Waals surface area contributed by atoms with Gasteiger partial charge in [-0.15, -0.1) is 0 Å². The minimum absolute atomic E-state index is 0.0104. The number of halogens is 1. The fourth-order valence-corrected chi connectivity index (χ4v) is 4.10. The molecular weight excluding hydrogens is 376 g/mol. The maximum Gasteiger partial charge on any atom is 0.104 e. The van der Waals surface area contributed by atoms with Gasteiger partial charge in [-0.25, -0.2) is 0 Å². The molecule has 2 unspecified atom stereocenters. The van der Waals surface area contributed by atoms with Crippen LogP contribution in [0.5, 0.6) is 0 Å². The van der Waals surface area contributed by atoms with E-state index in [4.69, 9.17) is 11.6 Å². The van der Waals surface area contributed by atoms with Crippen molar-refractivity contribution in [2.45, 2.75) is 12.2 Å². The van der Waals surface area contributed by atoms with E-state index >= 15 is 0 Å². The van der Waals surface area contributed by atoms with E-state index in [-0.39, 0.29) is 12.2 Å². The van der Waals surface area contributed by atoms with Crippen molar-refractivity contribution in [3.8, 4) is 0 Å².